The molecule has 1 aliphatic rings. The molecule has 1 aliphatic carbocycles. The highest BCUT2D eigenvalue weighted by atomic mass is 32.1. The minimum Gasteiger partial charge on any atom is -0.393 e. The first-order valence-corrected chi connectivity index (χ1v) is 5.43. The molecule has 1 aromatic heterocycles. The topological polar surface area (TPSA) is 58.0 Å². The zero-order chi connectivity index (χ0) is 9.10. The number of hydrogen-bond acceptors (Lipinski definition) is 5. The fourth-order valence-corrected chi connectivity index (χ4v) is 2.15. The summed E-state index contributed by atoms with van der Waals surface area (Å²) in [4.78, 5) is 0. The van der Waals surface area contributed by atoms with Gasteiger partial charge in [0.15, 0.2) is 0 Å². The molecular formula is C8H13N3OS. The second-order valence-electron chi connectivity index (χ2n) is 3.39. The molecule has 0 aromatic carbocycles. The van der Waals surface area contributed by atoms with Crippen molar-refractivity contribution in [2.45, 2.75) is 37.8 Å². The van der Waals surface area contributed by atoms with Crippen LogP contribution in [0.4, 0.5) is 5.13 Å². The van der Waals surface area contributed by atoms with E-state index in [0.29, 0.717) is 6.04 Å². The van der Waals surface area contributed by atoms with Gasteiger partial charge in [0.25, 0.3) is 0 Å². The van der Waals surface area contributed by atoms with E-state index in [4.69, 9.17) is 0 Å². The smallest absolute Gasteiger partial charge is 0.205 e. The molecule has 72 valence electrons. The monoisotopic (exact) mass is 199 g/mol. The van der Waals surface area contributed by atoms with Crippen molar-refractivity contribution in [3.8, 4) is 0 Å². The van der Waals surface area contributed by atoms with Gasteiger partial charge in [0.2, 0.25) is 5.13 Å². The number of nitrogens with one attached hydrogen (secondary N) is 1. The maximum absolute atomic E-state index is 9.30. The predicted octanol–water partition coefficient (Wildman–Crippen LogP) is 1.25. The van der Waals surface area contributed by atoms with Gasteiger partial charge < -0.3 is 10.4 Å². The zero-order valence-electron chi connectivity index (χ0n) is 7.31. The largest absolute Gasteiger partial charge is 0.393 e. The second kappa shape index (κ2) is 4.02. The number of aliphatic hydroxyl groups is 1. The van der Waals surface area contributed by atoms with E-state index in [-0.39, 0.29) is 6.10 Å². The molecule has 1 fully saturated rings. The summed E-state index contributed by atoms with van der Waals surface area (Å²) in [5.74, 6) is 0. The van der Waals surface area contributed by atoms with Gasteiger partial charge in [-0.25, -0.2) is 0 Å². The lowest BCUT2D eigenvalue weighted by atomic mass is 9.93. The Kier molecular flexibility index (Phi) is 2.75. The number of rotatable bonds is 2. The highest BCUT2D eigenvalue weighted by molar-refractivity contribution is 7.13. The third-order valence-electron chi connectivity index (χ3n) is 2.38. The summed E-state index contributed by atoms with van der Waals surface area (Å²) < 4.78 is 0. The van der Waals surface area contributed by atoms with Gasteiger partial charge in [0, 0.05) is 6.04 Å². The molecule has 2 rings (SSSR count). The first-order valence-electron chi connectivity index (χ1n) is 4.55. The molecule has 13 heavy (non-hydrogen) atoms. The average molecular weight is 199 g/mol. The van der Waals surface area contributed by atoms with Crippen molar-refractivity contribution in [2.24, 2.45) is 0 Å². The van der Waals surface area contributed by atoms with Crippen LogP contribution in [0.5, 0.6) is 0 Å². The normalized spacial score (nSPS) is 28.7. The summed E-state index contributed by atoms with van der Waals surface area (Å²) in [5.41, 5.74) is 1.72. The Morgan fingerprint density at radius 3 is 2.77 bits per heavy atom. The Morgan fingerprint density at radius 1 is 1.38 bits per heavy atom. The van der Waals surface area contributed by atoms with Crippen molar-refractivity contribution >= 4 is 16.5 Å². The first-order chi connectivity index (χ1) is 6.34. The van der Waals surface area contributed by atoms with E-state index in [1.54, 1.807) is 5.51 Å². The van der Waals surface area contributed by atoms with Crippen molar-refractivity contribution in [1.82, 2.24) is 10.2 Å². The number of anilines is 1. The van der Waals surface area contributed by atoms with Crippen LogP contribution in [0, 0.1) is 0 Å². The van der Waals surface area contributed by atoms with E-state index in [1.807, 2.05) is 0 Å². The van der Waals surface area contributed by atoms with Crippen LogP contribution < -0.4 is 5.32 Å². The third kappa shape index (κ3) is 2.38. The molecule has 0 radical (unpaired) electrons. The number of hydrogen-bond donors (Lipinski definition) is 2. The van der Waals surface area contributed by atoms with Crippen molar-refractivity contribution < 1.29 is 5.11 Å². The van der Waals surface area contributed by atoms with Crippen LogP contribution >= 0.6 is 11.3 Å². The summed E-state index contributed by atoms with van der Waals surface area (Å²) in [6.07, 6.45) is 3.77. The number of aliphatic hydroxyl groups excluding tert-OH is 1. The van der Waals surface area contributed by atoms with Crippen molar-refractivity contribution in [3.63, 3.8) is 0 Å². The molecule has 5 heteroatoms. The number of nitrogens with zero attached hydrogens (tertiary/aromatic N) is 2. The molecule has 0 unspecified atom stereocenters. The number of aromatic nitrogens is 2. The Hall–Kier alpha value is -0.680. The van der Waals surface area contributed by atoms with Crippen molar-refractivity contribution in [2.75, 3.05) is 5.32 Å². The fraction of sp³-hybridized carbons (Fsp3) is 0.750. The van der Waals surface area contributed by atoms with Gasteiger partial charge in [-0.15, -0.1) is 10.2 Å². The van der Waals surface area contributed by atoms with Crippen LogP contribution in [-0.4, -0.2) is 27.4 Å². The maximum Gasteiger partial charge on any atom is 0.205 e. The predicted molar refractivity (Wildman–Crippen MR) is 51.8 cm³/mol. The highest BCUT2D eigenvalue weighted by Gasteiger charge is 2.19. The second-order valence-corrected chi connectivity index (χ2v) is 4.23. The van der Waals surface area contributed by atoms with Gasteiger partial charge in [-0.2, -0.15) is 0 Å². The summed E-state index contributed by atoms with van der Waals surface area (Å²) in [5, 5.41) is 21.2. The Bertz CT molecular complexity index is 244. The molecule has 4 nitrogen and oxygen atoms in total. The van der Waals surface area contributed by atoms with Crippen LogP contribution in [0.15, 0.2) is 5.51 Å². The molecule has 1 heterocycles. The quantitative estimate of drug-likeness (QED) is 0.752. The molecular weight excluding hydrogens is 186 g/mol. The Morgan fingerprint density at radius 2 is 2.15 bits per heavy atom. The van der Waals surface area contributed by atoms with Gasteiger partial charge in [-0.3, -0.25) is 0 Å². The Labute approximate surface area is 81.0 Å². The molecule has 0 atom stereocenters. The van der Waals surface area contributed by atoms with Gasteiger partial charge in [-0.1, -0.05) is 11.3 Å². The molecule has 1 aromatic rings. The van der Waals surface area contributed by atoms with E-state index in [2.05, 4.69) is 15.5 Å². The summed E-state index contributed by atoms with van der Waals surface area (Å²) in [6.45, 7) is 0. The van der Waals surface area contributed by atoms with Crippen LogP contribution in [0.1, 0.15) is 25.7 Å². The van der Waals surface area contributed by atoms with E-state index in [0.717, 1.165) is 30.8 Å². The van der Waals surface area contributed by atoms with E-state index >= 15 is 0 Å². The maximum atomic E-state index is 9.30. The molecule has 0 aliphatic heterocycles. The molecule has 2 N–H and O–H groups in total. The van der Waals surface area contributed by atoms with E-state index in [1.165, 1.54) is 11.3 Å². The van der Waals surface area contributed by atoms with Crippen LogP contribution in [0.2, 0.25) is 0 Å². The lowest BCUT2D eigenvalue weighted by molar-refractivity contribution is 0.126. The van der Waals surface area contributed by atoms with Gasteiger partial charge in [0.05, 0.1) is 6.10 Å². The summed E-state index contributed by atoms with van der Waals surface area (Å²) in [7, 11) is 0. The van der Waals surface area contributed by atoms with Gasteiger partial charge in [0.1, 0.15) is 5.51 Å². The zero-order valence-corrected chi connectivity index (χ0v) is 8.13. The standard InChI is InChI=1S/C8H13N3OS/c12-7-3-1-6(2-4-7)10-8-11-9-5-13-8/h5-7,12H,1-4H2,(H,10,11). The Balaban J connectivity index is 1.83. The molecule has 0 saturated heterocycles. The molecule has 1 saturated carbocycles. The van der Waals surface area contributed by atoms with Crippen LogP contribution in [0.25, 0.3) is 0 Å². The summed E-state index contributed by atoms with van der Waals surface area (Å²) >= 11 is 1.52. The van der Waals surface area contributed by atoms with Crippen LogP contribution in [0.3, 0.4) is 0 Å². The lowest BCUT2D eigenvalue weighted by Crippen LogP contribution is -2.28. The summed E-state index contributed by atoms with van der Waals surface area (Å²) in [6, 6.07) is 0.469. The highest BCUT2D eigenvalue weighted by Crippen LogP contribution is 2.22. The average Bonchev–Trinajstić information content (AvgIpc) is 2.62. The minimum absolute atomic E-state index is 0.0903. The molecule has 0 amide bonds. The van der Waals surface area contributed by atoms with Crippen LogP contribution in [-0.2, 0) is 0 Å². The molecule has 0 bridgehead atoms. The van der Waals surface area contributed by atoms with Crippen molar-refractivity contribution in [3.05, 3.63) is 5.51 Å². The van der Waals surface area contributed by atoms with E-state index < -0.39 is 0 Å². The fourth-order valence-electron chi connectivity index (χ4n) is 1.63. The van der Waals surface area contributed by atoms with Crippen molar-refractivity contribution in [1.29, 1.82) is 0 Å². The SMILES string of the molecule is OC1CCC(Nc2nncs2)CC1. The third-order valence-corrected chi connectivity index (χ3v) is 3.01. The van der Waals surface area contributed by atoms with Gasteiger partial charge in [-0.05, 0) is 25.7 Å². The van der Waals surface area contributed by atoms with Gasteiger partial charge >= 0.3 is 0 Å². The van der Waals surface area contributed by atoms with E-state index in [9.17, 15) is 5.11 Å². The first kappa shape index (κ1) is 8.90. The molecule has 0 spiro atoms. The minimum atomic E-state index is -0.0903. The lowest BCUT2D eigenvalue weighted by Gasteiger charge is -2.25.